The number of thioether (sulfide) groups is 1. The van der Waals surface area contributed by atoms with E-state index in [9.17, 15) is 0 Å². The molecule has 0 aliphatic carbocycles. The Kier molecular flexibility index (Phi) is 5.88. The maximum Gasteiger partial charge on any atom is 0.133 e. The summed E-state index contributed by atoms with van der Waals surface area (Å²) in [6.45, 7) is 7.09. The minimum atomic E-state index is 0.768. The molecule has 1 N–H and O–H groups in total. The number of nitrogens with one attached hydrogen (secondary N) is 1. The van der Waals surface area contributed by atoms with Crippen molar-refractivity contribution in [2.24, 2.45) is 0 Å². The van der Waals surface area contributed by atoms with Crippen molar-refractivity contribution in [2.45, 2.75) is 38.0 Å². The summed E-state index contributed by atoms with van der Waals surface area (Å²) in [5.41, 5.74) is 2.36. The number of hydrogen-bond donors (Lipinski definition) is 1. The Balaban J connectivity index is 2.18. The van der Waals surface area contributed by atoms with Gasteiger partial charge in [-0.15, -0.1) is 11.8 Å². The molecule has 0 amide bonds. The lowest BCUT2D eigenvalue weighted by Crippen LogP contribution is -2.07. The maximum absolute atomic E-state index is 5.91. The molecule has 0 spiro atoms. The van der Waals surface area contributed by atoms with Crippen LogP contribution in [0.15, 0.2) is 29.3 Å². The first-order chi connectivity index (χ1) is 10.1. The molecule has 0 saturated carbocycles. The van der Waals surface area contributed by atoms with Gasteiger partial charge in [0.25, 0.3) is 0 Å². The summed E-state index contributed by atoms with van der Waals surface area (Å²) < 4.78 is 0. The van der Waals surface area contributed by atoms with Gasteiger partial charge in [0.15, 0.2) is 0 Å². The molecule has 0 bridgehead atoms. The Labute approximate surface area is 135 Å². The van der Waals surface area contributed by atoms with E-state index in [2.05, 4.69) is 48.2 Å². The van der Waals surface area contributed by atoms with Gasteiger partial charge in [0.1, 0.15) is 16.7 Å². The molecule has 112 valence electrons. The van der Waals surface area contributed by atoms with Crippen LogP contribution in [0.1, 0.15) is 30.8 Å². The average molecular weight is 322 g/mol. The standard InChI is InChI=1S/C16H20ClN3S/c1-4-14-19-15(18-5-2)11(3)16(20-14)21-10-12-6-8-13(17)9-7-12/h6-9H,4-5,10H2,1-3H3,(H,18,19,20). The molecule has 2 aromatic rings. The molecule has 1 aromatic carbocycles. The van der Waals surface area contributed by atoms with Gasteiger partial charge in [-0.05, 0) is 31.5 Å². The third-order valence-corrected chi connectivity index (χ3v) is 4.50. The number of benzene rings is 1. The van der Waals surface area contributed by atoms with E-state index in [0.717, 1.165) is 46.0 Å². The fourth-order valence-electron chi connectivity index (χ4n) is 1.91. The van der Waals surface area contributed by atoms with Crippen LogP contribution in [0.4, 0.5) is 5.82 Å². The minimum absolute atomic E-state index is 0.768. The van der Waals surface area contributed by atoms with E-state index in [1.807, 2.05) is 12.1 Å². The molecule has 0 radical (unpaired) electrons. The lowest BCUT2D eigenvalue weighted by molar-refractivity contribution is 0.870. The van der Waals surface area contributed by atoms with Crippen LogP contribution in [0, 0.1) is 6.92 Å². The summed E-state index contributed by atoms with van der Waals surface area (Å²) in [6.07, 6.45) is 0.840. The molecule has 5 heteroatoms. The van der Waals surface area contributed by atoms with Crippen molar-refractivity contribution in [3.05, 3.63) is 46.2 Å². The van der Waals surface area contributed by atoms with Crippen LogP contribution in [0.25, 0.3) is 0 Å². The van der Waals surface area contributed by atoms with Gasteiger partial charge in [-0.2, -0.15) is 0 Å². The van der Waals surface area contributed by atoms with Crippen LogP contribution in [0.5, 0.6) is 0 Å². The smallest absolute Gasteiger partial charge is 0.133 e. The number of aromatic nitrogens is 2. The molecule has 2 rings (SSSR count). The summed E-state index contributed by atoms with van der Waals surface area (Å²) >= 11 is 7.65. The first-order valence-corrected chi connectivity index (χ1v) is 8.49. The van der Waals surface area contributed by atoms with Crippen LogP contribution in [-0.4, -0.2) is 16.5 Å². The van der Waals surface area contributed by atoms with E-state index < -0.39 is 0 Å². The van der Waals surface area contributed by atoms with Gasteiger partial charge < -0.3 is 5.32 Å². The summed E-state index contributed by atoms with van der Waals surface area (Å²) in [4.78, 5) is 9.21. The highest BCUT2D eigenvalue weighted by atomic mass is 35.5. The van der Waals surface area contributed by atoms with E-state index in [0.29, 0.717) is 0 Å². The van der Waals surface area contributed by atoms with Crippen molar-refractivity contribution >= 4 is 29.2 Å². The van der Waals surface area contributed by atoms with Gasteiger partial charge in [-0.3, -0.25) is 0 Å². The third-order valence-electron chi connectivity index (χ3n) is 3.10. The number of anilines is 1. The number of aryl methyl sites for hydroxylation is 1. The second-order valence-corrected chi connectivity index (χ2v) is 6.12. The van der Waals surface area contributed by atoms with Gasteiger partial charge in [0, 0.05) is 29.3 Å². The van der Waals surface area contributed by atoms with Crippen LogP contribution in [0.2, 0.25) is 5.02 Å². The number of nitrogens with zero attached hydrogens (tertiary/aromatic N) is 2. The van der Waals surface area contributed by atoms with Crippen molar-refractivity contribution in [2.75, 3.05) is 11.9 Å². The average Bonchev–Trinajstić information content (AvgIpc) is 2.50. The Morgan fingerprint density at radius 3 is 2.48 bits per heavy atom. The Morgan fingerprint density at radius 1 is 1.14 bits per heavy atom. The lowest BCUT2D eigenvalue weighted by atomic mass is 10.2. The molecule has 0 saturated heterocycles. The molecule has 0 atom stereocenters. The SMILES string of the molecule is CCNc1nc(CC)nc(SCc2ccc(Cl)cc2)c1C. The summed E-state index contributed by atoms with van der Waals surface area (Å²) in [7, 11) is 0. The summed E-state index contributed by atoms with van der Waals surface area (Å²) in [5, 5.41) is 5.13. The van der Waals surface area contributed by atoms with Crippen LogP contribution >= 0.6 is 23.4 Å². The number of halogens is 1. The molecule has 1 aromatic heterocycles. The highest BCUT2D eigenvalue weighted by molar-refractivity contribution is 7.98. The van der Waals surface area contributed by atoms with E-state index in [4.69, 9.17) is 11.6 Å². The fourth-order valence-corrected chi connectivity index (χ4v) is 3.02. The molecule has 0 unspecified atom stereocenters. The Hall–Kier alpha value is -1.26. The van der Waals surface area contributed by atoms with Gasteiger partial charge in [-0.1, -0.05) is 30.7 Å². The van der Waals surface area contributed by atoms with Crippen LogP contribution in [0.3, 0.4) is 0 Å². The zero-order chi connectivity index (χ0) is 15.2. The van der Waals surface area contributed by atoms with E-state index >= 15 is 0 Å². The second-order valence-electron chi connectivity index (χ2n) is 4.72. The third kappa shape index (κ3) is 4.35. The first-order valence-electron chi connectivity index (χ1n) is 7.12. The summed E-state index contributed by atoms with van der Waals surface area (Å²) in [5.74, 6) is 2.71. The lowest BCUT2D eigenvalue weighted by Gasteiger charge is -2.12. The number of hydrogen-bond acceptors (Lipinski definition) is 4. The molecule has 0 aliphatic rings. The molecule has 1 heterocycles. The van der Waals surface area contributed by atoms with Gasteiger partial charge in [0.05, 0.1) is 0 Å². The van der Waals surface area contributed by atoms with Crippen molar-refractivity contribution in [3.8, 4) is 0 Å². The highest BCUT2D eigenvalue weighted by Gasteiger charge is 2.10. The first kappa shape index (κ1) is 16.1. The van der Waals surface area contributed by atoms with E-state index in [1.165, 1.54) is 5.56 Å². The normalized spacial score (nSPS) is 10.7. The zero-order valence-corrected chi connectivity index (χ0v) is 14.2. The fraction of sp³-hybridized carbons (Fsp3) is 0.375. The quantitative estimate of drug-likeness (QED) is 0.617. The van der Waals surface area contributed by atoms with E-state index in [-0.39, 0.29) is 0 Å². The monoisotopic (exact) mass is 321 g/mol. The predicted molar refractivity (Wildman–Crippen MR) is 91.3 cm³/mol. The summed E-state index contributed by atoms with van der Waals surface area (Å²) in [6, 6.07) is 7.95. The topological polar surface area (TPSA) is 37.8 Å². The Bertz CT molecular complexity index is 599. The molecular formula is C16H20ClN3S. The molecule has 0 fully saturated rings. The van der Waals surface area contributed by atoms with E-state index in [1.54, 1.807) is 11.8 Å². The van der Waals surface area contributed by atoms with Crippen LogP contribution in [-0.2, 0) is 12.2 Å². The van der Waals surface area contributed by atoms with Crippen molar-refractivity contribution < 1.29 is 0 Å². The highest BCUT2D eigenvalue weighted by Crippen LogP contribution is 2.28. The number of rotatable bonds is 6. The Morgan fingerprint density at radius 2 is 1.86 bits per heavy atom. The van der Waals surface area contributed by atoms with Gasteiger partial charge in [-0.25, -0.2) is 9.97 Å². The minimum Gasteiger partial charge on any atom is -0.370 e. The predicted octanol–water partition coefficient (Wildman–Crippen LogP) is 4.72. The molecule has 0 aliphatic heterocycles. The molecule has 21 heavy (non-hydrogen) atoms. The largest absolute Gasteiger partial charge is 0.370 e. The van der Waals surface area contributed by atoms with Gasteiger partial charge in [0.2, 0.25) is 0 Å². The zero-order valence-electron chi connectivity index (χ0n) is 12.6. The molecular weight excluding hydrogens is 302 g/mol. The second kappa shape index (κ2) is 7.66. The van der Waals surface area contributed by atoms with Gasteiger partial charge >= 0.3 is 0 Å². The maximum atomic E-state index is 5.91. The van der Waals surface area contributed by atoms with Crippen molar-refractivity contribution in [3.63, 3.8) is 0 Å². The molecule has 3 nitrogen and oxygen atoms in total. The van der Waals surface area contributed by atoms with Crippen molar-refractivity contribution in [1.82, 2.24) is 9.97 Å². The van der Waals surface area contributed by atoms with Crippen LogP contribution < -0.4 is 5.32 Å². The van der Waals surface area contributed by atoms with Crippen molar-refractivity contribution in [1.29, 1.82) is 0 Å².